The van der Waals surface area contributed by atoms with Gasteiger partial charge < -0.3 is 20.4 Å². The van der Waals surface area contributed by atoms with E-state index in [1.165, 1.54) is 25.0 Å². The molecule has 0 radical (unpaired) electrons. The monoisotopic (exact) mass is 591 g/mol. The third-order valence-electron chi connectivity index (χ3n) is 8.19. The van der Waals surface area contributed by atoms with E-state index in [1.807, 2.05) is 24.3 Å². The Hall–Kier alpha value is -5.01. The fourth-order valence-corrected chi connectivity index (χ4v) is 5.89. The molecule has 13 heteroatoms. The molecule has 7 heterocycles. The fraction of sp³-hybridized carbons (Fsp3) is 0.290. The largest absolute Gasteiger partial charge is 0.492 e. The summed E-state index contributed by atoms with van der Waals surface area (Å²) in [6, 6.07) is 10.5. The number of H-pyrrole nitrogens is 2. The third kappa shape index (κ3) is 4.99. The number of rotatable bonds is 8. The summed E-state index contributed by atoms with van der Waals surface area (Å²) in [5.74, 6) is 1.37. The molecule has 0 unspecified atom stereocenters. The number of nitrogens with zero attached hydrogens (tertiary/aromatic N) is 8. The molecule has 2 fully saturated rings. The summed E-state index contributed by atoms with van der Waals surface area (Å²) in [5, 5.41) is 7.56. The summed E-state index contributed by atoms with van der Waals surface area (Å²) in [6.45, 7) is 5.01. The maximum Gasteiger partial charge on any atom is 0.162 e. The molecule has 2 aliphatic rings. The second kappa shape index (κ2) is 10.9. The first-order chi connectivity index (χ1) is 21.6. The van der Waals surface area contributed by atoms with Crippen LogP contribution in [0.5, 0.6) is 5.75 Å². The zero-order chi connectivity index (χ0) is 29.6. The number of hydrogen-bond donors (Lipinski definition) is 3. The van der Waals surface area contributed by atoms with Gasteiger partial charge in [-0.05, 0) is 61.8 Å². The van der Waals surface area contributed by atoms with Gasteiger partial charge in [0, 0.05) is 43.5 Å². The average Bonchev–Trinajstić information content (AvgIpc) is 3.78. The molecule has 2 aliphatic heterocycles. The van der Waals surface area contributed by atoms with Crippen molar-refractivity contribution in [2.75, 3.05) is 44.2 Å². The van der Waals surface area contributed by atoms with Gasteiger partial charge in [0.1, 0.15) is 40.7 Å². The Labute approximate surface area is 251 Å². The number of benzene rings is 1. The lowest BCUT2D eigenvalue weighted by atomic mass is 10.1. The van der Waals surface area contributed by atoms with E-state index in [0.717, 1.165) is 49.6 Å². The average molecular weight is 592 g/mol. The van der Waals surface area contributed by atoms with Gasteiger partial charge in [-0.3, -0.25) is 15.0 Å². The number of anilines is 1. The van der Waals surface area contributed by atoms with Gasteiger partial charge in [-0.2, -0.15) is 5.10 Å². The summed E-state index contributed by atoms with van der Waals surface area (Å²) >= 11 is 0. The maximum atomic E-state index is 14.8. The smallest absolute Gasteiger partial charge is 0.162 e. The number of halogens is 1. The van der Waals surface area contributed by atoms with Crippen molar-refractivity contribution in [3.8, 4) is 39.8 Å². The Morgan fingerprint density at radius 3 is 2.73 bits per heavy atom. The van der Waals surface area contributed by atoms with Crippen molar-refractivity contribution in [3.63, 3.8) is 0 Å². The van der Waals surface area contributed by atoms with Crippen molar-refractivity contribution in [2.45, 2.75) is 18.9 Å². The SMILES string of the molecule is NC1CN(c2cncc(-c3ccc4[nH]nc(-c5nc6c(-c7cc(F)cc(OCCN8CCCC8)c7)ccnc6[nH]5)c4n3)n2)C1. The number of aromatic nitrogens is 8. The Bertz CT molecular complexity index is 1980. The molecule has 6 aromatic rings. The lowest BCUT2D eigenvalue weighted by Crippen LogP contribution is -2.56. The second-order valence-corrected chi connectivity index (χ2v) is 11.3. The number of hydrogen-bond acceptors (Lipinski definition) is 10. The van der Waals surface area contributed by atoms with Crippen LogP contribution < -0.4 is 15.4 Å². The topological polar surface area (TPSA) is 151 Å². The summed E-state index contributed by atoms with van der Waals surface area (Å²) < 4.78 is 20.7. The first-order valence-corrected chi connectivity index (χ1v) is 14.8. The van der Waals surface area contributed by atoms with Gasteiger partial charge in [-0.25, -0.2) is 24.3 Å². The molecular weight excluding hydrogens is 561 g/mol. The molecule has 0 aliphatic carbocycles. The fourth-order valence-electron chi connectivity index (χ4n) is 5.89. The van der Waals surface area contributed by atoms with Crippen molar-refractivity contribution in [1.29, 1.82) is 0 Å². The zero-order valence-electron chi connectivity index (χ0n) is 23.9. The van der Waals surface area contributed by atoms with Crippen molar-refractivity contribution >= 4 is 28.0 Å². The first-order valence-electron chi connectivity index (χ1n) is 14.8. The predicted molar refractivity (Wildman–Crippen MR) is 165 cm³/mol. The van der Waals surface area contributed by atoms with Crippen LogP contribution in [0.2, 0.25) is 0 Å². The highest BCUT2D eigenvalue weighted by Gasteiger charge is 2.25. The Kier molecular flexibility index (Phi) is 6.60. The number of ether oxygens (including phenoxy) is 1. The van der Waals surface area contributed by atoms with Gasteiger partial charge in [0.2, 0.25) is 0 Å². The standard InChI is InChI=1S/C31H30FN11O/c32-19-11-18(12-21(13-19)44-10-9-42-7-1-2-8-42)22-5-6-35-30-27(22)38-31(39-30)29-28-24(40-41-29)4-3-23(37-28)25-14-34-15-26(36-25)43-16-20(33)17-43/h3-6,11-15,20H,1-2,7-10,16-17,33H2,(H,40,41)(H,35,38,39). The van der Waals surface area contributed by atoms with Gasteiger partial charge in [-0.1, -0.05) is 0 Å². The molecule has 44 heavy (non-hydrogen) atoms. The molecule has 0 atom stereocenters. The number of pyridine rings is 2. The third-order valence-corrected chi connectivity index (χ3v) is 8.19. The van der Waals surface area contributed by atoms with Gasteiger partial charge in [0.05, 0.1) is 23.6 Å². The Morgan fingerprint density at radius 2 is 1.86 bits per heavy atom. The van der Waals surface area contributed by atoms with Gasteiger partial charge in [0.15, 0.2) is 17.2 Å². The van der Waals surface area contributed by atoms with Crippen LogP contribution >= 0.6 is 0 Å². The second-order valence-electron chi connectivity index (χ2n) is 11.3. The van der Waals surface area contributed by atoms with Gasteiger partial charge in [-0.15, -0.1) is 0 Å². The minimum atomic E-state index is -0.376. The molecule has 0 saturated carbocycles. The lowest BCUT2D eigenvalue weighted by Gasteiger charge is -2.37. The van der Waals surface area contributed by atoms with Crippen LogP contribution in [0.3, 0.4) is 0 Å². The van der Waals surface area contributed by atoms with E-state index in [9.17, 15) is 4.39 Å². The highest BCUT2D eigenvalue weighted by Crippen LogP contribution is 2.33. The number of nitrogens with two attached hydrogens (primary N) is 1. The Balaban J connectivity index is 1.11. The predicted octanol–water partition coefficient (Wildman–Crippen LogP) is 3.78. The molecule has 8 rings (SSSR count). The van der Waals surface area contributed by atoms with Crippen molar-refractivity contribution in [3.05, 3.63) is 60.8 Å². The molecular formula is C31H30FN11O. The zero-order valence-corrected chi connectivity index (χ0v) is 23.9. The number of fused-ring (bicyclic) bond motifs is 2. The highest BCUT2D eigenvalue weighted by atomic mass is 19.1. The maximum absolute atomic E-state index is 14.8. The van der Waals surface area contributed by atoms with Gasteiger partial charge in [0.25, 0.3) is 0 Å². The quantitative estimate of drug-likeness (QED) is 0.239. The molecule has 12 nitrogen and oxygen atoms in total. The molecule has 2 saturated heterocycles. The van der Waals surface area contributed by atoms with Crippen LogP contribution in [0.15, 0.2) is 55.0 Å². The first kappa shape index (κ1) is 26.6. The Morgan fingerprint density at radius 1 is 0.977 bits per heavy atom. The van der Waals surface area contributed by atoms with E-state index in [1.54, 1.807) is 18.6 Å². The van der Waals surface area contributed by atoms with Crippen LogP contribution in [-0.4, -0.2) is 90.4 Å². The number of likely N-dealkylation sites (tertiary alicyclic amines) is 1. The van der Waals surface area contributed by atoms with E-state index in [-0.39, 0.29) is 11.9 Å². The van der Waals surface area contributed by atoms with E-state index in [4.69, 9.17) is 25.4 Å². The van der Waals surface area contributed by atoms with E-state index in [0.29, 0.717) is 57.5 Å². The number of nitrogens with one attached hydrogen (secondary N) is 2. The van der Waals surface area contributed by atoms with Crippen LogP contribution in [0, 0.1) is 5.82 Å². The molecule has 1 aromatic carbocycles. The van der Waals surface area contributed by atoms with Crippen LogP contribution in [0.25, 0.3) is 56.2 Å². The number of aromatic amines is 2. The van der Waals surface area contributed by atoms with Crippen LogP contribution in [0.4, 0.5) is 10.2 Å². The van der Waals surface area contributed by atoms with E-state index < -0.39 is 0 Å². The lowest BCUT2D eigenvalue weighted by molar-refractivity contribution is 0.237. The van der Waals surface area contributed by atoms with Crippen LogP contribution in [-0.2, 0) is 0 Å². The summed E-state index contributed by atoms with van der Waals surface area (Å²) in [6.07, 6.45) is 7.54. The molecule has 0 bridgehead atoms. The molecule has 222 valence electrons. The van der Waals surface area contributed by atoms with Crippen molar-refractivity contribution in [1.82, 2.24) is 45.0 Å². The minimum absolute atomic E-state index is 0.156. The van der Waals surface area contributed by atoms with E-state index in [2.05, 4.69) is 34.9 Å². The highest BCUT2D eigenvalue weighted by molar-refractivity contribution is 5.95. The minimum Gasteiger partial charge on any atom is -0.492 e. The van der Waals surface area contributed by atoms with Crippen molar-refractivity contribution < 1.29 is 9.13 Å². The summed E-state index contributed by atoms with van der Waals surface area (Å²) in [5.41, 5.74) is 11.7. The van der Waals surface area contributed by atoms with Gasteiger partial charge >= 0.3 is 0 Å². The normalized spacial score (nSPS) is 15.8. The summed E-state index contributed by atoms with van der Waals surface area (Å²) in [4.78, 5) is 31.1. The molecule has 0 amide bonds. The van der Waals surface area contributed by atoms with E-state index >= 15 is 0 Å². The summed E-state index contributed by atoms with van der Waals surface area (Å²) in [7, 11) is 0. The molecule has 5 aromatic heterocycles. The number of imidazole rings is 1. The molecule has 0 spiro atoms. The van der Waals surface area contributed by atoms with Crippen molar-refractivity contribution in [2.24, 2.45) is 5.73 Å². The molecule has 4 N–H and O–H groups in total. The van der Waals surface area contributed by atoms with Crippen LogP contribution in [0.1, 0.15) is 12.8 Å².